The minimum atomic E-state index is 0.699. The lowest BCUT2D eigenvalue weighted by Gasteiger charge is -2.32. The summed E-state index contributed by atoms with van der Waals surface area (Å²) in [5.41, 5.74) is 6.32. The molecule has 1 heterocycles. The Balaban J connectivity index is 1.69. The lowest BCUT2D eigenvalue weighted by molar-refractivity contribution is 0.184. The van der Waals surface area contributed by atoms with Crippen molar-refractivity contribution in [1.29, 1.82) is 0 Å². The first-order valence-electron chi connectivity index (χ1n) is 5.06. The maximum Gasteiger partial charge on any atom is 0.0237 e. The van der Waals surface area contributed by atoms with Crippen LogP contribution in [-0.2, 0) is 0 Å². The van der Waals surface area contributed by atoms with Crippen molar-refractivity contribution in [2.75, 3.05) is 20.1 Å². The van der Waals surface area contributed by atoms with E-state index in [1.807, 2.05) is 7.05 Å². The molecule has 3 nitrogen and oxygen atoms in total. The number of nitrogens with zero attached hydrogens (tertiary/aromatic N) is 1. The third-order valence-corrected chi connectivity index (χ3v) is 2.94. The minimum absolute atomic E-state index is 0.699. The van der Waals surface area contributed by atoms with Crippen molar-refractivity contribution < 1.29 is 0 Å². The van der Waals surface area contributed by atoms with E-state index in [2.05, 4.69) is 15.8 Å². The summed E-state index contributed by atoms with van der Waals surface area (Å²) in [4.78, 5) is 2.65. The van der Waals surface area contributed by atoms with Crippen LogP contribution in [0.3, 0.4) is 0 Å². The van der Waals surface area contributed by atoms with Gasteiger partial charge in [-0.3, -0.25) is 10.9 Å². The molecule has 1 saturated carbocycles. The second-order valence-corrected chi connectivity index (χ2v) is 3.94. The van der Waals surface area contributed by atoms with Gasteiger partial charge in [-0.05, 0) is 45.8 Å². The second kappa shape index (κ2) is 3.73. The smallest absolute Gasteiger partial charge is 0.0237 e. The van der Waals surface area contributed by atoms with Crippen molar-refractivity contribution in [2.45, 2.75) is 37.8 Å². The van der Waals surface area contributed by atoms with Crippen molar-refractivity contribution in [3.63, 3.8) is 0 Å². The highest BCUT2D eigenvalue weighted by Crippen LogP contribution is 2.29. The Hall–Kier alpha value is -0.120. The lowest BCUT2D eigenvalue weighted by Crippen LogP contribution is -2.46. The topological polar surface area (TPSA) is 27.3 Å². The largest absolute Gasteiger partial charge is 0.300 e. The van der Waals surface area contributed by atoms with E-state index in [-0.39, 0.29) is 0 Å². The van der Waals surface area contributed by atoms with Crippen LogP contribution in [0.5, 0.6) is 0 Å². The van der Waals surface area contributed by atoms with Crippen LogP contribution in [0, 0.1) is 0 Å². The molecule has 3 heteroatoms. The quantitative estimate of drug-likeness (QED) is 0.596. The summed E-state index contributed by atoms with van der Waals surface area (Å²) in [7, 11) is 1.95. The summed E-state index contributed by atoms with van der Waals surface area (Å²) < 4.78 is 0. The van der Waals surface area contributed by atoms with Gasteiger partial charge in [0.25, 0.3) is 0 Å². The van der Waals surface area contributed by atoms with Gasteiger partial charge in [0, 0.05) is 12.1 Å². The van der Waals surface area contributed by atoms with E-state index in [1.165, 1.54) is 38.8 Å². The Labute approximate surface area is 74.5 Å². The molecule has 0 aromatic carbocycles. The predicted octanol–water partition coefficient (Wildman–Crippen LogP) is 0.337. The number of hydrogen-bond donors (Lipinski definition) is 2. The summed E-state index contributed by atoms with van der Waals surface area (Å²) in [6.45, 7) is 2.59. The Bertz CT molecular complexity index is 137. The van der Waals surface area contributed by atoms with Crippen LogP contribution in [-0.4, -0.2) is 37.1 Å². The third kappa shape index (κ3) is 1.97. The van der Waals surface area contributed by atoms with Gasteiger partial charge in [0.2, 0.25) is 0 Å². The molecule has 2 fully saturated rings. The molecular weight excluding hydrogens is 150 g/mol. The van der Waals surface area contributed by atoms with Crippen molar-refractivity contribution >= 4 is 0 Å². The molecule has 0 unspecified atom stereocenters. The van der Waals surface area contributed by atoms with Gasteiger partial charge in [-0.2, -0.15) is 0 Å². The van der Waals surface area contributed by atoms with E-state index in [1.54, 1.807) is 0 Å². The highest BCUT2D eigenvalue weighted by atomic mass is 15.4. The Morgan fingerprint density at radius 3 is 2.25 bits per heavy atom. The Morgan fingerprint density at radius 1 is 1.08 bits per heavy atom. The van der Waals surface area contributed by atoms with E-state index in [4.69, 9.17) is 0 Å². The maximum atomic E-state index is 3.29. The molecule has 2 N–H and O–H groups in total. The summed E-state index contributed by atoms with van der Waals surface area (Å²) in [6.07, 6.45) is 5.50. The molecule has 2 rings (SSSR count). The second-order valence-electron chi connectivity index (χ2n) is 3.94. The molecule has 70 valence electrons. The maximum absolute atomic E-state index is 3.29. The van der Waals surface area contributed by atoms with Crippen LogP contribution in [0.1, 0.15) is 25.7 Å². The summed E-state index contributed by atoms with van der Waals surface area (Å²) >= 11 is 0. The van der Waals surface area contributed by atoms with Crippen molar-refractivity contribution in [3.05, 3.63) is 0 Å². The normalized spacial score (nSPS) is 27.8. The predicted molar refractivity (Wildman–Crippen MR) is 49.8 cm³/mol. The molecule has 0 aromatic rings. The third-order valence-electron chi connectivity index (χ3n) is 2.94. The van der Waals surface area contributed by atoms with Gasteiger partial charge in [0.05, 0.1) is 0 Å². The van der Waals surface area contributed by atoms with E-state index in [0.717, 1.165) is 6.04 Å². The molecule has 2 aliphatic rings. The number of likely N-dealkylation sites (tertiary alicyclic amines) is 1. The molecule has 0 radical (unpaired) electrons. The first kappa shape index (κ1) is 8.48. The number of hydrogen-bond acceptors (Lipinski definition) is 3. The fraction of sp³-hybridized carbons (Fsp3) is 1.00. The van der Waals surface area contributed by atoms with Crippen LogP contribution in [0.2, 0.25) is 0 Å². The minimum Gasteiger partial charge on any atom is -0.300 e. The van der Waals surface area contributed by atoms with E-state index < -0.39 is 0 Å². The van der Waals surface area contributed by atoms with Gasteiger partial charge in [-0.1, -0.05) is 0 Å². The highest BCUT2D eigenvalue weighted by molar-refractivity contribution is 4.88. The first-order valence-corrected chi connectivity index (χ1v) is 5.06. The van der Waals surface area contributed by atoms with Gasteiger partial charge >= 0.3 is 0 Å². The van der Waals surface area contributed by atoms with Gasteiger partial charge in [0.1, 0.15) is 0 Å². The average Bonchev–Trinajstić information content (AvgIpc) is 2.89. The first-order chi connectivity index (χ1) is 5.90. The standard InChI is InChI=1S/C9H19N3/c1-10-11-8-4-6-12(7-5-8)9-2-3-9/h8-11H,2-7H2,1H3. The lowest BCUT2D eigenvalue weighted by atomic mass is 10.1. The van der Waals surface area contributed by atoms with Gasteiger partial charge < -0.3 is 4.90 Å². The molecule has 0 amide bonds. The van der Waals surface area contributed by atoms with Crippen LogP contribution < -0.4 is 10.9 Å². The number of rotatable bonds is 3. The monoisotopic (exact) mass is 169 g/mol. The fourth-order valence-electron chi connectivity index (χ4n) is 2.05. The highest BCUT2D eigenvalue weighted by Gasteiger charge is 2.31. The van der Waals surface area contributed by atoms with E-state index >= 15 is 0 Å². The zero-order valence-electron chi connectivity index (χ0n) is 7.84. The Kier molecular flexibility index (Phi) is 2.63. The van der Waals surface area contributed by atoms with Crippen molar-refractivity contribution in [1.82, 2.24) is 15.8 Å². The molecule has 0 spiro atoms. The molecule has 12 heavy (non-hydrogen) atoms. The molecule has 1 aliphatic carbocycles. The summed E-state index contributed by atoms with van der Waals surface area (Å²) in [5, 5.41) is 0. The van der Waals surface area contributed by atoms with E-state index in [9.17, 15) is 0 Å². The van der Waals surface area contributed by atoms with E-state index in [0.29, 0.717) is 6.04 Å². The molecule has 0 atom stereocenters. The van der Waals surface area contributed by atoms with Crippen LogP contribution in [0.4, 0.5) is 0 Å². The fourth-order valence-corrected chi connectivity index (χ4v) is 2.05. The Morgan fingerprint density at radius 2 is 1.75 bits per heavy atom. The van der Waals surface area contributed by atoms with Crippen LogP contribution in [0.25, 0.3) is 0 Å². The van der Waals surface area contributed by atoms with Gasteiger partial charge in [0.15, 0.2) is 0 Å². The zero-order chi connectivity index (χ0) is 8.39. The number of piperidine rings is 1. The SMILES string of the molecule is CNNC1CCN(C2CC2)CC1. The zero-order valence-corrected chi connectivity index (χ0v) is 7.84. The summed E-state index contributed by atoms with van der Waals surface area (Å²) in [6, 6.07) is 1.66. The number of hydrazine groups is 1. The molecule has 0 aromatic heterocycles. The van der Waals surface area contributed by atoms with Crippen LogP contribution >= 0.6 is 0 Å². The average molecular weight is 169 g/mol. The van der Waals surface area contributed by atoms with Gasteiger partial charge in [-0.15, -0.1) is 0 Å². The van der Waals surface area contributed by atoms with Gasteiger partial charge in [-0.25, -0.2) is 0 Å². The van der Waals surface area contributed by atoms with Crippen LogP contribution in [0.15, 0.2) is 0 Å². The molecule has 0 bridgehead atoms. The summed E-state index contributed by atoms with van der Waals surface area (Å²) in [5.74, 6) is 0. The molecular formula is C9H19N3. The number of nitrogens with one attached hydrogen (secondary N) is 2. The van der Waals surface area contributed by atoms with Crippen molar-refractivity contribution in [3.8, 4) is 0 Å². The molecule has 1 aliphatic heterocycles. The molecule has 1 saturated heterocycles. The van der Waals surface area contributed by atoms with Crippen molar-refractivity contribution in [2.24, 2.45) is 0 Å².